The minimum atomic E-state index is -3.17. The molecule has 148 valence electrons. The van der Waals surface area contributed by atoms with Crippen LogP contribution in [0.4, 0.5) is 5.69 Å². The second-order valence-electron chi connectivity index (χ2n) is 7.03. The predicted molar refractivity (Wildman–Crippen MR) is 107 cm³/mol. The maximum absolute atomic E-state index is 12.9. The van der Waals surface area contributed by atoms with Crippen LogP contribution in [-0.2, 0) is 19.4 Å². The number of hydrogen-bond acceptors (Lipinski definition) is 5. The van der Waals surface area contributed by atoms with Gasteiger partial charge in [-0.25, -0.2) is 13.2 Å². The third-order valence-corrected chi connectivity index (χ3v) is 6.70. The molecule has 28 heavy (non-hydrogen) atoms. The lowest BCUT2D eigenvalue weighted by atomic mass is 10.1. The number of ether oxygens (including phenoxy) is 1. The molecule has 2 aromatic carbocycles. The number of carbonyl (C=O) groups is 2. The van der Waals surface area contributed by atoms with Gasteiger partial charge in [0.25, 0.3) is 5.91 Å². The molecular weight excluding hydrogens is 378 g/mol. The smallest absolute Gasteiger partial charge is 0.338 e. The van der Waals surface area contributed by atoms with Gasteiger partial charge in [0.15, 0.2) is 16.4 Å². The van der Waals surface area contributed by atoms with Crippen LogP contribution in [0.5, 0.6) is 0 Å². The van der Waals surface area contributed by atoms with E-state index in [0.29, 0.717) is 17.7 Å². The van der Waals surface area contributed by atoms with Crippen LogP contribution >= 0.6 is 0 Å². The number of para-hydroxylation sites is 1. The Morgan fingerprint density at radius 1 is 1.07 bits per heavy atom. The first kappa shape index (κ1) is 20.1. The average Bonchev–Trinajstić information content (AvgIpc) is 3.02. The summed E-state index contributed by atoms with van der Waals surface area (Å²) >= 11 is 0. The Bertz CT molecular complexity index is 985. The molecule has 0 radical (unpaired) electrons. The van der Waals surface area contributed by atoms with Crippen molar-refractivity contribution in [2.75, 3.05) is 23.0 Å². The fourth-order valence-electron chi connectivity index (χ4n) is 3.27. The molecule has 0 unspecified atom stereocenters. The number of aryl methyl sites for hydroxylation is 2. The maximum atomic E-state index is 12.9. The van der Waals surface area contributed by atoms with Crippen LogP contribution in [0.15, 0.2) is 48.5 Å². The Balaban J connectivity index is 1.74. The lowest BCUT2D eigenvalue weighted by Crippen LogP contribution is -2.43. The van der Waals surface area contributed by atoms with Gasteiger partial charge in [-0.2, -0.15) is 0 Å². The molecule has 2 aromatic rings. The van der Waals surface area contributed by atoms with E-state index in [2.05, 4.69) is 0 Å². The van der Waals surface area contributed by atoms with E-state index in [-0.39, 0.29) is 11.5 Å². The highest BCUT2D eigenvalue weighted by Gasteiger charge is 2.35. The first-order valence-corrected chi connectivity index (χ1v) is 10.9. The number of carbonyl (C=O) groups excluding carboxylic acids is 2. The van der Waals surface area contributed by atoms with Crippen molar-refractivity contribution >= 4 is 27.4 Å². The first-order chi connectivity index (χ1) is 13.3. The van der Waals surface area contributed by atoms with Crippen LogP contribution in [0.1, 0.15) is 27.9 Å². The number of anilines is 1. The number of nitrogens with zero attached hydrogens (tertiary/aromatic N) is 1. The van der Waals surface area contributed by atoms with Crippen molar-refractivity contribution in [3.8, 4) is 0 Å². The third kappa shape index (κ3) is 4.59. The van der Waals surface area contributed by atoms with Crippen molar-refractivity contribution in [2.24, 2.45) is 0 Å². The predicted octanol–water partition coefficient (Wildman–Crippen LogP) is 2.68. The van der Waals surface area contributed by atoms with Gasteiger partial charge in [0.1, 0.15) is 0 Å². The zero-order valence-corrected chi connectivity index (χ0v) is 16.7. The number of amides is 1. The Morgan fingerprint density at radius 2 is 1.79 bits per heavy atom. The molecule has 1 aliphatic heterocycles. The molecule has 0 N–H and O–H groups in total. The molecule has 1 saturated heterocycles. The lowest BCUT2D eigenvalue weighted by Gasteiger charge is -2.28. The van der Waals surface area contributed by atoms with E-state index in [1.165, 1.54) is 4.90 Å². The van der Waals surface area contributed by atoms with Gasteiger partial charge in [0.2, 0.25) is 0 Å². The first-order valence-electron chi connectivity index (χ1n) is 9.09. The summed E-state index contributed by atoms with van der Waals surface area (Å²) in [6.07, 6.45) is 0.369. The monoisotopic (exact) mass is 401 g/mol. The molecule has 0 aliphatic carbocycles. The minimum Gasteiger partial charge on any atom is -0.452 e. The average molecular weight is 401 g/mol. The molecule has 1 amide bonds. The van der Waals surface area contributed by atoms with E-state index in [1.807, 2.05) is 26.0 Å². The number of rotatable bonds is 5. The second kappa shape index (κ2) is 8.14. The summed E-state index contributed by atoms with van der Waals surface area (Å²) in [4.78, 5) is 26.6. The van der Waals surface area contributed by atoms with E-state index in [0.717, 1.165) is 11.1 Å². The highest BCUT2D eigenvalue weighted by Crippen LogP contribution is 2.24. The Labute approximate surface area is 165 Å². The molecule has 1 atom stereocenters. The van der Waals surface area contributed by atoms with E-state index < -0.39 is 34.4 Å². The molecule has 1 heterocycles. The molecular formula is C21H23NO5S. The van der Waals surface area contributed by atoms with Crippen LogP contribution < -0.4 is 4.90 Å². The van der Waals surface area contributed by atoms with Gasteiger partial charge < -0.3 is 9.64 Å². The summed E-state index contributed by atoms with van der Waals surface area (Å²) in [5.41, 5.74) is 3.00. The fraction of sp³-hybridized carbons (Fsp3) is 0.333. The quantitative estimate of drug-likeness (QED) is 0.720. The molecule has 3 rings (SSSR count). The van der Waals surface area contributed by atoms with Crippen LogP contribution in [0, 0.1) is 13.8 Å². The summed E-state index contributed by atoms with van der Waals surface area (Å²) < 4.78 is 29.0. The van der Waals surface area contributed by atoms with E-state index in [9.17, 15) is 18.0 Å². The van der Waals surface area contributed by atoms with E-state index in [4.69, 9.17) is 4.74 Å². The Morgan fingerprint density at radius 3 is 2.39 bits per heavy atom. The number of benzene rings is 2. The summed E-state index contributed by atoms with van der Waals surface area (Å²) in [6.45, 7) is 3.40. The van der Waals surface area contributed by atoms with Gasteiger partial charge in [-0.15, -0.1) is 0 Å². The third-order valence-electron chi connectivity index (χ3n) is 4.95. The van der Waals surface area contributed by atoms with Crippen molar-refractivity contribution < 1.29 is 22.7 Å². The molecule has 6 nitrogen and oxygen atoms in total. The molecule has 0 aromatic heterocycles. The van der Waals surface area contributed by atoms with Crippen molar-refractivity contribution in [1.82, 2.24) is 0 Å². The topological polar surface area (TPSA) is 80.8 Å². The summed E-state index contributed by atoms with van der Waals surface area (Å²) in [7, 11) is -3.17. The van der Waals surface area contributed by atoms with Gasteiger partial charge in [-0.3, -0.25) is 4.79 Å². The van der Waals surface area contributed by atoms with E-state index >= 15 is 0 Å². The van der Waals surface area contributed by atoms with Crippen LogP contribution in [-0.4, -0.2) is 44.4 Å². The molecule has 0 saturated carbocycles. The van der Waals surface area contributed by atoms with Gasteiger partial charge in [0, 0.05) is 5.69 Å². The Hall–Kier alpha value is -2.67. The normalized spacial score (nSPS) is 17.9. The van der Waals surface area contributed by atoms with Crippen LogP contribution in [0.25, 0.3) is 0 Å². The fourth-order valence-corrected chi connectivity index (χ4v) is 4.97. The molecule has 1 aliphatic rings. The minimum absolute atomic E-state index is 0.0523. The molecule has 0 spiro atoms. The van der Waals surface area contributed by atoms with Gasteiger partial charge in [-0.05, 0) is 55.7 Å². The lowest BCUT2D eigenvalue weighted by molar-refractivity contribution is -0.122. The summed E-state index contributed by atoms with van der Waals surface area (Å²) in [6, 6.07) is 13.6. The highest BCUT2D eigenvalue weighted by atomic mass is 32.2. The van der Waals surface area contributed by atoms with Gasteiger partial charge in [0.05, 0.1) is 23.1 Å². The summed E-state index contributed by atoms with van der Waals surface area (Å²) in [5.74, 6) is -1.05. The molecule has 1 fully saturated rings. The SMILES string of the molecule is Cc1ccc(C(=O)OCC(=O)N(c2ccccc2)[C@H]2CCS(=O)(=O)C2)cc1C. The second-order valence-corrected chi connectivity index (χ2v) is 9.26. The number of sulfone groups is 1. The summed E-state index contributed by atoms with van der Waals surface area (Å²) in [5, 5.41) is 0. The standard InChI is InChI=1S/C21H23NO5S/c1-15-8-9-17(12-16(15)2)21(24)27-13-20(23)22(18-6-4-3-5-7-18)19-10-11-28(25,26)14-19/h3-9,12,19H,10-11,13-14H2,1-2H3/t19-/m0/s1. The van der Waals surface area contributed by atoms with Crippen LogP contribution in [0.2, 0.25) is 0 Å². The number of hydrogen-bond donors (Lipinski definition) is 0. The van der Waals surface area contributed by atoms with Gasteiger partial charge in [-0.1, -0.05) is 24.3 Å². The van der Waals surface area contributed by atoms with Crippen molar-refractivity contribution in [1.29, 1.82) is 0 Å². The largest absolute Gasteiger partial charge is 0.452 e. The molecule has 7 heteroatoms. The highest BCUT2D eigenvalue weighted by molar-refractivity contribution is 7.91. The van der Waals surface area contributed by atoms with Crippen LogP contribution in [0.3, 0.4) is 0 Å². The van der Waals surface area contributed by atoms with Crippen molar-refractivity contribution in [3.63, 3.8) is 0 Å². The Kier molecular flexibility index (Phi) is 5.84. The van der Waals surface area contributed by atoms with Crippen molar-refractivity contribution in [3.05, 3.63) is 65.2 Å². The zero-order chi connectivity index (χ0) is 20.3. The number of esters is 1. The van der Waals surface area contributed by atoms with Crippen molar-refractivity contribution in [2.45, 2.75) is 26.3 Å². The maximum Gasteiger partial charge on any atom is 0.338 e. The van der Waals surface area contributed by atoms with Gasteiger partial charge >= 0.3 is 5.97 Å². The van der Waals surface area contributed by atoms with E-state index in [1.54, 1.807) is 36.4 Å². The molecule has 0 bridgehead atoms. The zero-order valence-electron chi connectivity index (χ0n) is 15.9.